The highest BCUT2D eigenvalue weighted by atomic mass is 35.5. The molecule has 0 unspecified atom stereocenters. The molecule has 9 nitrogen and oxygen atoms in total. The molecule has 0 aliphatic carbocycles. The van der Waals surface area contributed by atoms with E-state index in [4.69, 9.17) is 38.7 Å². The lowest BCUT2D eigenvalue weighted by Gasteiger charge is -2.22. The van der Waals surface area contributed by atoms with Crippen LogP contribution in [0.5, 0.6) is 5.75 Å². The summed E-state index contributed by atoms with van der Waals surface area (Å²) < 4.78 is 5.45. The summed E-state index contributed by atoms with van der Waals surface area (Å²) in [6.45, 7) is 7.78. The summed E-state index contributed by atoms with van der Waals surface area (Å²) in [6.07, 6.45) is 0. The molecule has 2 aromatic heterocycles. The Balaban J connectivity index is 1.74. The number of primary amides is 1. The minimum Gasteiger partial charge on any atom is -0.491 e. The van der Waals surface area contributed by atoms with Crippen LogP contribution in [0.3, 0.4) is 0 Å². The van der Waals surface area contributed by atoms with E-state index in [0.717, 1.165) is 16.3 Å². The van der Waals surface area contributed by atoms with Crippen molar-refractivity contribution in [3.63, 3.8) is 0 Å². The number of benzene rings is 2. The van der Waals surface area contributed by atoms with Crippen molar-refractivity contribution in [1.82, 2.24) is 9.97 Å². The smallest absolute Gasteiger partial charge is 0.237 e. The van der Waals surface area contributed by atoms with Gasteiger partial charge in [-0.2, -0.15) is 5.26 Å². The molecule has 0 spiro atoms. The van der Waals surface area contributed by atoms with Crippen LogP contribution in [0, 0.1) is 17.9 Å². The third kappa shape index (κ3) is 6.71. The van der Waals surface area contributed by atoms with E-state index in [1.54, 1.807) is 31.3 Å². The molecule has 0 atom stereocenters. The second-order valence-corrected chi connectivity index (χ2v) is 10.7. The molecule has 202 valence electrons. The van der Waals surface area contributed by atoms with Crippen LogP contribution in [-0.4, -0.2) is 47.8 Å². The maximum absolute atomic E-state index is 11.7. The molecule has 0 bridgehead atoms. The average molecular weight is 591 g/mol. The van der Waals surface area contributed by atoms with Gasteiger partial charge in [-0.1, -0.05) is 47.6 Å². The van der Waals surface area contributed by atoms with Crippen LogP contribution in [0.4, 0.5) is 11.5 Å². The van der Waals surface area contributed by atoms with Gasteiger partial charge in [-0.25, -0.2) is 14.8 Å². The number of aliphatic hydroxyl groups is 1. The van der Waals surface area contributed by atoms with Crippen molar-refractivity contribution in [2.75, 3.05) is 31.7 Å². The van der Waals surface area contributed by atoms with Gasteiger partial charge in [-0.15, -0.1) is 11.3 Å². The van der Waals surface area contributed by atoms with Crippen LogP contribution in [0.1, 0.15) is 11.3 Å². The monoisotopic (exact) mass is 590 g/mol. The molecule has 0 aliphatic heterocycles. The van der Waals surface area contributed by atoms with Crippen molar-refractivity contribution in [3.8, 4) is 33.5 Å². The Bertz CT molecular complexity index is 1590. The number of pyridine rings is 1. The molecule has 12 heteroatoms. The second kappa shape index (κ2) is 13.3. The van der Waals surface area contributed by atoms with Gasteiger partial charge in [0.05, 0.1) is 31.0 Å². The van der Waals surface area contributed by atoms with Crippen molar-refractivity contribution >= 4 is 52.1 Å². The lowest BCUT2D eigenvalue weighted by Crippen LogP contribution is -2.31. The molecule has 0 radical (unpaired) electrons. The molecule has 40 heavy (non-hydrogen) atoms. The van der Waals surface area contributed by atoms with E-state index in [1.165, 1.54) is 28.0 Å². The standard InChI is InChI=1S/C28H23ClN6O3S2/c1-32-25-24(17-5-9-21(10-6-17)38-12-11-36)22(13-30)28(34-26(25)35(2)14-23(31)37)40-16-20-15-39-27(33-20)18-3-7-19(29)8-4-18/h3-10,15,36H,11-12,14,16H2,2H3,(H2,31,37). The lowest BCUT2D eigenvalue weighted by molar-refractivity contribution is -0.116. The zero-order chi connectivity index (χ0) is 28.6. The number of carbonyl (C=O) groups is 1. The highest BCUT2D eigenvalue weighted by Crippen LogP contribution is 2.44. The summed E-state index contributed by atoms with van der Waals surface area (Å²) in [5.74, 6) is 0.625. The van der Waals surface area contributed by atoms with Crippen LogP contribution in [0.15, 0.2) is 58.9 Å². The number of nitrogens with zero attached hydrogens (tertiary/aromatic N) is 5. The molecule has 0 fully saturated rings. The van der Waals surface area contributed by atoms with E-state index in [2.05, 4.69) is 15.9 Å². The van der Waals surface area contributed by atoms with Crippen LogP contribution in [0.2, 0.25) is 5.02 Å². The van der Waals surface area contributed by atoms with Crippen molar-refractivity contribution in [2.24, 2.45) is 5.73 Å². The number of thiazole rings is 1. The van der Waals surface area contributed by atoms with Gasteiger partial charge in [0.25, 0.3) is 0 Å². The van der Waals surface area contributed by atoms with E-state index in [0.29, 0.717) is 32.7 Å². The Kier molecular flexibility index (Phi) is 9.59. The van der Waals surface area contributed by atoms with Crippen molar-refractivity contribution in [2.45, 2.75) is 10.8 Å². The number of nitrogens with two attached hydrogens (primary N) is 1. The predicted octanol–water partition coefficient (Wildman–Crippen LogP) is 5.53. The highest BCUT2D eigenvalue weighted by molar-refractivity contribution is 7.98. The Hall–Kier alpha value is -4.13. The number of aliphatic hydroxyl groups excluding tert-OH is 1. The van der Waals surface area contributed by atoms with E-state index in [-0.39, 0.29) is 36.8 Å². The summed E-state index contributed by atoms with van der Waals surface area (Å²) in [7, 11) is 1.62. The van der Waals surface area contributed by atoms with Crippen LogP contribution in [0.25, 0.3) is 26.5 Å². The summed E-state index contributed by atoms with van der Waals surface area (Å²) in [5.41, 5.74) is 8.56. The first-order chi connectivity index (χ1) is 19.3. The zero-order valence-corrected chi connectivity index (χ0v) is 23.7. The normalized spacial score (nSPS) is 10.5. The number of likely N-dealkylation sites (N-methyl/N-ethyl adjacent to an activating group) is 1. The minimum atomic E-state index is -0.581. The fraction of sp³-hybridized carbons (Fsp3) is 0.179. The second-order valence-electron chi connectivity index (χ2n) is 8.42. The maximum Gasteiger partial charge on any atom is 0.237 e. The lowest BCUT2D eigenvalue weighted by atomic mass is 9.99. The number of hydrogen-bond donors (Lipinski definition) is 2. The number of aromatic nitrogens is 2. The number of halogens is 1. The summed E-state index contributed by atoms with van der Waals surface area (Å²) in [5, 5.41) is 23.1. The molecule has 4 aromatic rings. The molecular formula is C28H23ClN6O3S2. The number of amides is 1. The zero-order valence-electron chi connectivity index (χ0n) is 21.3. The number of rotatable bonds is 11. The molecule has 4 rings (SSSR count). The number of carbonyl (C=O) groups excluding carboxylic acids is 1. The topological polar surface area (TPSA) is 130 Å². The van der Waals surface area contributed by atoms with Gasteiger partial charge < -0.3 is 20.5 Å². The fourth-order valence-corrected chi connectivity index (χ4v) is 5.77. The maximum atomic E-state index is 11.7. The molecule has 0 saturated heterocycles. The van der Waals surface area contributed by atoms with Gasteiger partial charge in [0.2, 0.25) is 11.6 Å². The minimum absolute atomic E-state index is 0.122. The first kappa shape index (κ1) is 28.9. The summed E-state index contributed by atoms with van der Waals surface area (Å²) >= 11 is 8.82. The van der Waals surface area contributed by atoms with Crippen molar-refractivity contribution in [3.05, 3.63) is 81.6 Å². The largest absolute Gasteiger partial charge is 0.491 e. The van der Waals surface area contributed by atoms with Gasteiger partial charge in [0.15, 0.2) is 0 Å². The Morgan fingerprint density at radius 2 is 1.93 bits per heavy atom. The molecular weight excluding hydrogens is 568 g/mol. The third-order valence-corrected chi connectivity index (χ3v) is 7.80. The van der Waals surface area contributed by atoms with Gasteiger partial charge in [-0.05, 0) is 29.8 Å². The predicted molar refractivity (Wildman–Crippen MR) is 158 cm³/mol. The van der Waals surface area contributed by atoms with E-state index in [9.17, 15) is 10.1 Å². The molecule has 0 saturated carbocycles. The van der Waals surface area contributed by atoms with Gasteiger partial charge in [0.1, 0.15) is 34.3 Å². The molecule has 2 aromatic carbocycles. The molecule has 2 heterocycles. The Morgan fingerprint density at radius 1 is 1.23 bits per heavy atom. The van der Waals surface area contributed by atoms with Gasteiger partial charge in [-0.3, -0.25) is 4.79 Å². The fourth-order valence-electron chi connectivity index (χ4n) is 3.83. The molecule has 1 amide bonds. The molecule has 3 N–H and O–H groups in total. The van der Waals surface area contributed by atoms with Crippen molar-refractivity contribution < 1.29 is 14.6 Å². The Labute approximate surface area is 244 Å². The number of anilines is 1. The Morgan fingerprint density at radius 3 is 2.55 bits per heavy atom. The third-order valence-electron chi connectivity index (χ3n) is 5.60. The van der Waals surface area contributed by atoms with Crippen LogP contribution >= 0.6 is 34.7 Å². The van der Waals surface area contributed by atoms with Crippen LogP contribution < -0.4 is 15.4 Å². The van der Waals surface area contributed by atoms with Gasteiger partial charge >= 0.3 is 0 Å². The van der Waals surface area contributed by atoms with Crippen LogP contribution in [-0.2, 0) is 10.5 Å². The van der Waals surface area contributed by atoms with Gasteiger partial charge in [0, 0.05) is 34.3 Å². The number of hydrogen-bond acceptors (Lipinski definition) is 9. The SMILES string of the molecule is [C-]#[N+]c1c(N(C)CC(N)=O)nc(SCc2csc(-c3ccc(Cl)cc3)n2)c(C#N)c1-c1ccc(OCCO)cc1. The quantitative estimate of drug-likeness (QED) is 0.172. The average Bonchev–Trinajstić information content (AvgIpc) is 3.43. The van der Waals surface area contributed by atoms with Crippen molar-refractivity contribution in [1.29, 1.82) is 5.26 Å². The van der Waals surface area contributed by atoms with E-state index in [1.807, 2.05) is 29.6 Å². The van der Waals surface area contributed by atoms with E-state index < -0.39 is 5.91 Å². The number of nitriles is 1. The first-order valence-electron chi connectivity index (χ1n) is 11.9. The number of thioether (sulfide) groups is 1. The molecule has 0 aliphatic rings. The summed E-state index contributed by atoms with van der Waals surface area (Å²) in [6, 6.07) is 16.6. The summed E-state index contributed by atoms with van der Waals surface area (Å²) in [4.78, 5) is 26.3. The highest BCUT2D eigenvalue weighted by Gasteiger charge is 2.24. The number of ether oxygens (including phenoxy) is 1. The first-order valence-corrected chi connectivity index (χ1v) is 14.1. The van der Waals surface area contributed by atoms with E-state index >= 15 is 0 Å².